The van der Waals surface area contributed by atoms with E-state index in [4.69, 9.17) is 15.3 Å². The SMILES string of the molecule is CCCCO.OCCNCCO. The Labute approximate surface area is 74.2 Å². The minimum atomic E-state index is 0.139. The molecule has 0 unspecified atom stereocenters. The van der Waals surface area contributed by atoms with Gasteiger partial charge < -0.3 is 20.6 Å². The van der Waals surface area contributed by atoms with E-state index in [1.54, 1.807) is 0 Å². The van der Waals surface area contributed by atoms with Gasteiger partial charge in [0, 0.05) is 19.7 Å². The van der Waals surface area contributed by atoms with Crippen LogP contribution in [0, 0.1) is 0 Å². The molecule has 0 aromatic carbocycles. The third-order valence-electron chi connectivity index (χ3n) is 1.09. The van der Waals surface area contributed by atoms with E-state index >= 15 is 0 Å². The Morgan fingerprint density at radius 1 is 0.917 bits per heavy atom. The van der Waals surface area contributed by atoms with Crippen LogP contribution >= 0.6 is 0 Å². The lowest BCUT2D eigenvalue weighted by atomic mass is 10.4. The lowest BCUT2D eigenvalue weighted by Gasteiger charge is -1.94. The van der Waals surface area contributed by atoms with Crippen LogP contribution in [0.3, 0.4) is 0 Å². The summed E-state index contributed by atoms with van der Waals surface area (Å²) in [6.45, 7) is 3.81. The highest BCUT2D eigenvalue weighted by Gasteiger charge is 1.78. The van der Waals surface area contributed by atoms with Crippen LogP contribution in [0.15, 0.2) is 0 Å². The van der Waals surface area contributed by atoms with E-state index in [2.05, 4.69) is 12.2 Å². The zero-order valence-corrected chi connectivity index (χ0v) is 7.79. The summed E-state index contributed by atoms with van der Waals surface area (Å²) in [6, 6.07) is 0. The molecule has 0 fully saturated rings. The van der Waals surface area contributed by atoms with E-state index in [-0.39, 0.29) is 13.2 Å². The van der Waals surface area contributed by atoms with Crippen molar-refractivity contribution in [3.05, 3.63) is 0 Å². The monoisotopic (exact) mass is 179 g/mol. The second-order valence-electron chi connectivity index (χ2n) is 2.27. The Morgan fingerprint density at radius 3 is 1.58 bits per heavy atom. The topological polar surface area (TPSA) is 72.7 Å². The molecule has 0 rings (SSSR count). The van der Waals surface area contributed by atoms with Gasteiger partial charge in [0.05, 0.1) is 13.2 Å². The van der Waals surface area contributed by atoms with E-state index < -0.39 is 0 Å². The highest BCUT2D eigenvalue weighted by atomic mass is 16.3. The predicted molar refractivity (Wildman–Crippen MR) is 49.0 cm³/mol. The van der Waals surface area contributed by atoms with Crippen molar-refractivity contribution in [3.8, 4) is 0 Å². The molecule has 0 aliphatic carbocycles. The number of nitrogens with one attached hydrogen (secondary N) is 1. The standard InChI is InChI=1S/C4H11NO2.C4H10O/c6-3-1-5-2-4-7;1-2-3-4-5/h5-7H,1-4H2;5H,2-4H2,1H3. The molecule has 0 saturated carbocycles. The first-order valence-electron chi connectivity index (χ1n) is 4.36. The molecule has 0 aromatic rings. The summed E-state index contributed by atoms with van der Waals surface area (Å²) in [5, 5.41) is 27.1. The molecule has 0 atom stereocenters. The van der Waals surface area contributed by atoms with E-state index in [0.717, 1.165) is 12.8 Å². The van der Waals surface area contributed by atoms with Crippen molar-refractivity contribution >= 4 is 0 Å². The lowest BCUT2D eigenvalue weighted by molar-refractivity contribution is 0.266. The summed E-state index contributed by atoms with van der Waals surface area (Å²) in [5.41, 5.74) is 0. The normalized spacial score (nSPS) is 9.00. The molecule has 0 aliphatic rings. The van der Waals surface area contributed by atoms with Gasteiger partial charge in [-0.2, -0.15) is 0 Å². The molecule has 0 spiro atoms. The molecule has 4 nitrogen and oxygen atoms in total. The van der Waals surface area contributed by atoms with Crippen LogP contribution in [0.25, 0.3) is 0 Å². The summed E-state index contributed by atoms with van der Waals surface area (Å²) in [7, 11) is 0. The van der Waals surface area contributed by atoms with Gasteiger partial charge in [-0.05, 0) is 6.42 Å². The molecule has 4 N–H and O–H groups in total. The number of hydrogen-bond donors (Lipinski definition) is 4. The van der Waals surface area contributed by atoms with Gasteiger partial charge in [0.15, 0.2) is 0 Å². The van der Waals surface area contributed by atoms with Crippen LogP contribution in [0.5, 0.6) is 0 Å². The summed E-state index contributed by atoms with van der Waals surface area (Å²) < 4.78 is 0. The van der Waals surface area contributed by atoms with Crippen molar-refractivity contribution in [3.63, 3.8) is 0 Å². The first kappa shape index (κ1) is 14.4. The van der Waals surface area contributed by atoms with Gasteiger partial charge in [0.25, 0.3) is 0 Å². The molecule has 0 radical (unpaired) electrons. The van der Waals surface area contributed by atoms with E-state index in [1.807, 2.05) is 0 Å². The molecule has 0 bridgehead atoms. The van der Waals surface area contributed by atoms with Crippen molar-refractivity contribution in [2.24, 2.45) is 0 Å². The van der Waals surface area contributed by atoms with Crippen LogP contribution in [0.4, 0.5) is 0 Å². The summed E-state index contributed by atoms with van der Waals surface area (Å²) in [6.07, 6.45) is 2.04. The minimum Gasteiger partial charge on any atom is -0.396 e. The van der Waals surface area contributed by atoms with Crippen LogP contribution in [-0.2, 0) is 0 Å². The van der Waals surface area contributed by atoms with Crippen LogP contribution < -0.4 is 5.32 Å². The third kappa shape index (κ3) is 22.5. The molecule has 0 amide bonds. The molecule has 4 heteroatoms. The zero-order chi connectivity index (χ0) is 9.66. The maximum absolute atomic E-state index is 8.15. The maximum Gasteiger partial charge on any atom is 0.0555 e. The number of unbranched alkanes of at least 4 members (excludes halogenated alkanes) is 1. The number of rotatable bonds is 6. The van der Waals surface area contributed by atoms with Gasteiger partial charge in [-0.25, -0.2) is 0 Å². The van der Waals surface area contributed by atoms with Gasteiger partial charge in [-0.15, -0.1) is 0 Å². The average molecular weight is 179 g/mol. The summed E-state index contributed by atoms with van der Waals surface area (Å²) >= 11 is 0. The van der Waals surface area contributed by atoms with Gasteiger partial charge in [-0.1, -0.05) is 13.3 Å². The maximum atomic E-state index is 8.15. The molecular formula is C8H21NO3. The summed E-state index contributed by atoms with van der Waals surface area (Å²) in [5.74, 6) is 0. The molecule has 0 saturated heterocycles. The number of hydrogen-bond acceptors (Lipinski definition) is 4. The van der Waals surface area contributed by atoms with Gasteiger partial charge in [0.2, 0.25) is 0 Å². The quantitative estimate of drug-likeness (QED) is 0.408. The largest absolute Gasteiger partial charge is 0.396 e. The Hall–Kier alpha value is -0.160. The van der Waals surface area contributed by atoms with Crippen molar-refractivity contribution < 1.29 is 15.3 Å². The smallest absolute Gasteiger partial charge is 0.0555 e. The fourth-order valence-electron chi connectivity index (χ4n) is 0.441. The van der Waals surface area contributed by atoms with Crippen molar-refractivity contribution in [2.45, 2.75) is 19.8 Å². The number of aliphatic hydroxyl groups is 3. The van der Waals surface area contributed by atoms with Crippen LogP contribution in [0.1, 0.15) is 19.8 Å². The van der Waals surface area contributed by atoms with Gasteiger partial charge in [0.1, 0.15) is 0 Å². The highest BCUT2D eigenvalue weighted by Crippen LogP contribution is 1.78. The van der Waals surface area contributed by atoms with Crippen LogP contribution in [0.2, 0.25) is 0 Å². The first-order chi connectivity index (χ1) is 5.83. The van der Waals surface area contributed by atoms with Crippen molar-refractivity contribution in [2.75, 3.05) is 32.9 Å². The molecule has 12 heavy (non-hydrogen) atoms. The van der Waals surface area contributed by atoms with Gasteiger partial charge >= 0.3 is 0 Å². The molecule has 76 valence electrons. The third-order valence-corrected chi connectivity index (χ3v) is 1.09. The Morgan fingerprint density at radius 2 is 1.42 bits per heavy atom. The first-order valence-corrected chi connectivity index (χ1v) is 4.36. The predicted octanol–water partition coefficient (Wildman–Crippen LogP) is -0.661. The van der Waals surface area contributed by atoms with E-state index in [0.29, 0.717) is 19.7 Å². The second kappa shape index (κ2) is 17.1. The minimum absolute atomic E-state index is 0.139. The van der Waals surface area contributed by atoms with E-state index in [9.17, 15) is 0 Å². The van der Waals surface area contributed by atoms with Crippen molar-refractivity contribution in [1.29, 1.82) is 0 Å². The van der Waals surface area contributed by atoms with Crippen molar-refractivity contribution in [1.82, 2.24) is 5.32 Å². The zero-order valence-electron chi connectivity index (χ0n) is 7.79. The second-order valence-corrected chi connectivity index (χ2v) is 2.27. The molecule has 0 heterocycles. The molecule has 0 aliphatic heterocycles. The molecular weight excluding hydrogens is 158 g/mol. The fraction of sp³-hybridized carbons (Fsp3) is 1.00. The molecule has 0 aromatic heterocycles. The highest BCUT2D eigenvalue weighted by molar-refractivity contribution is 4.39. The summed E-state index contributed by atoms with van der Waals surface area (Å²) in [4.78, 5) is 0. The fourth-order valence-corrected chi connectivity index (χ4v) is 0.441. The Bertz CT molecular complexity index is 56.3. The van der Waals surface area contributed by atoms with E-state index in [1.165, 1.54) is 0 Å². The Kier molecular flexibility index (Phi) is 20.4. The lowest BCUT2D eigenvalue weighted by Crippen LogP contribution is -2.21. The average Bonchev–Trinajstić information content (AvgIpc) is 2.08. The van der Waals surface area contributed by atoms with Gasteiger partial charge in [-0.3, -0.25) is 0 Å². The number of aliphatic hydroxyl groups excluding tert-OH is 3. The Balaban J connectivity index is 0. The van der Waals surface area contributed by atoms with Crippen LogP contribution in [-0.4, -0.2) is 48.2 Å².